The van der Waals surface area contributed by atoms with Crippen LogP contribution in [0.3, 0.4) is 0 Å². The van der Waals surface area contributed by atoms with Crippen molar-refractivity contribution in [3.63, 3.8) is 0 Å². The topological polar surface area (TPSA) is 92.2 Å². The van der Waals surface area contributed by atoms with Crippen molar-refractivity contribution >= 4 is 11.8 Å². The Hall–Kier alpha value is -1.96. The number of rotatable bonds is 4. The van der Waals surface area contributed by atoms with E-state index in [1.54, 1.807) is 4.68 Å². The van der Waals surface area contributed by atoms with Crippen LogP contribution < -0.4 is 10.6 Å². The summed E-state index contributed by atoms with van der Waals surface area (Å²) in [6.07, 6.45) is 5.44. The van der Waals surface area contributed by atoms with Crippen LogP contribution >= 0.6 is 0 Å². The Morgan fingerprint density at radius 2 is 2.24 bits per heavy atom. The Kier molecular flexibility index (Phi) is 4.45. The van der Waals surface area contributed by atoms with Gasteiger partial charge in [0.2, 0.25) is 11.8 Å². The first-order valence-corrected chi connectivity index (χ1v) is 9.30. The van der Waals surface area contributed by atoms with Gasteiger partial charge in [-0.2, -0.15) is 0 Å². The van der Waals surface area contributed by atoms with Gasteiger partial charge in [0.1, 0.15) is 6.04 Å². The quantitative estimate of drug-likeness (QED) is 0.780. The van der Waals surface area contributed by atoms with Crippen LogP contribution in [0.15, 0.2) is 6.20 Å². The highest BCUT2D eigenvalue weighted by molar-refractivity contribution is 5.89. The molecular weight excluding hydrogens is 320 g/mol. The largest absolute Gasteiger partial charge is 0.352 e. The number of amides is 2. The first-order valence-electron chi connectivity index (χ1n) is 9.30. The molecule has 1 aromatic heterocycles. The fourth-order valence-electron chi connectivity index (χ4n) is 4.75. The van der Waals surface area contributed by atoms with Gasteiger partial charge in [0.15, 0.2) is 0 Å². The number of nitrogens with one attached hydrogen (secondary N) is 2. The van der Waals surface area contributed by atoms with Gasteiger partial charge in [0.25, 0.3) is 0 Å². The molecule has 0 radical (unpaired) electrons. The Balaban J connectivity index is 1.44. The zero-order valence-electron chi connectivity index (χ0n) is 14.6. The monoisotopic (exact) mass is 346 g/mol. The highest BCUT2D eigenvalue weighted by Crippen LogP contribution is 2.39. The van der Waals surface area contributed by atoms with E-state index in [0.29, 0.717) is 25.4 Å². The van der Waals surface area contributed by atoms with E-state index in [0.717, 1.165) is 38.0 Å². The van der Waals surface area contributed by atoms with Gasteiger partial charge in [0, 0.05) is 37.7 Å². The highest BCUT2D eigenvalue weighted by atomic mass is 16.2. The third kappa shape index (κ3) is 3.15. The summed E-state index contributed by atoms with van der Waals surface area (Å²) in [6, 6.07) is -0.113. The Morgan fingerprint density at radius 1 is 1.40 bits per heavy atom. The molecule has 3 saturated heterocycles. The summed E-state index contributed by atoms with van der Waals surface area (Å²) in [7, 11) is 0. The molecule has 0 aliphatic carbocycles. The summed E-state index contributed by atoms with van der Waals surface area (Å²) in [5.74, 6) is 0.833. The molecule has 0 aromatic carbocycles. The van der Waals surface area contributed by atoms with Crippen LogP contribution in [0.25, 0.3) is 0 Å². The van der Waals surface area contributed by atoms with Crippen molar-refractivity contribution in [3.05, 3.63) is 11.9 Å². The molecular formula is C17H26N6O2. The molecule has 1 aromatic rings. The second kappa shape index (κ2) is 6.74. The third-order valence-electron chi connectivity index (χ3n) is 5.81. The molecule has 3 aliphatic rings. The molecule has 2 N–H and O–H groups in total. The SMILES string of the molecule is Cc1cn(CCNC(=O)[C@H]2[C@@H]3CNC[C@@H](C3)[C@@H]3CCCC(=O)N32)nn1. The maximum absolute atomic E-state index is 12.9. The van der Waals surface area contributed by atoms with E-state index in [-0.39, 0.29) is 29.8 Å². The summed E-state index contributed by atoms with van der Waals surface area (Å²) in [5, 5.41) is 14.4. The number of nitrogens with zero attached hydrogens (tertiary/aromatic N) is 4. The Labute approximate surface area is 147 Å². The number of carbonyl (C=O) groups is 2. The average Bonchev–Trinajstić information content (AvgIpc) is 3.01. The number of aryl methyl sites for hydroxylation is 1. The zero-order chi connectivity index (χ0) is 17.4. The zero-order valence-corrected chi connectivity index (χ0v) is 14.6. The molecule has 4 heterocycles. The maximum atomic E-state index is 12.9. The number of fused-ring (bicyclic) bond motifs is 4. The molecule has 25 heavy (non-hydrogen) atoms. The van der Waals surface area contributed by atoms with Gasteiger partial charge in [-0.25, -0.2) is 0 Å². The van der Waals surface area contributed by atoms with Crippen LogP contribution in [0.4, 0.5) is 0 Å². The van der Waals surface area contributed by atoms with Crippen molar-refractivity contribution in [3.8, 4) is 0 Å². The summed E-state index contributed by atoms with van der Waals surface area (Å²) in [5.41, 5.74) is 0.861. The molecule has 3 fully saturated rings. The Morgan fingerprint density at radius 3 is 3.04 bits per heavy atom. The van der Waals surface area contributed by atoms with Gasteiger partial charge in [-0.3, -0.25) is 14.3 Å². The lowest BCUT2D eigenvalue weighted by atomic mass is 9.72. The Bertz CT molecular complexity index is 659. The van der Waals surface area contributed by atoms with Crippen LogP contribution in [0, 0.1) is 18.8 Å². The van der Waals surface area contributed by atoms with Gasteiger partial charge in [-0.05, 0) is 38.6 Å². The van der Waals surface area contributed by atoms with Crippen molar-refractivity contribution in [2.45, 2.75) is 51.2 Å². The van der Waals surface area contributed by atoms with Crippen LogP contribution in [0.1, 0.15) is 31.4 Å². The minimum absolute atomic E-state index is 0.0239. The number of hydrogen-bond acceptors (Lipinski definition) is 5. The van der Waals surface area contributed by atoms with Crippen LogP contribution in [-0.4, -0.2) is 63.4 Å². The molecule has 2 amide bonds. The molecule has 0 saturated carbocycles. The molecule has 0 unspecified atom stereocenters. The highest BCUT2D eigenvalue weighted by Gasteiger charge is 2.50. The smallest absolute Gasteiger partial charge is 0.243 e. The molecule has 2 bridgehead atoms. The summed E-state index contributed by atoms with van der Waals surface area (Å²) >= 11 is 0. The number of aromatic nitrogens is 3. The third-order valence-corrected chi connectivity index (χ3v) is 5.81. The second-order valence-corrected chi connectivity index (χ2v) is 7.53. The van der Waals surface area contributed by atoms with E-state index in [1.807, 2.05) is 18.0 Å². The summed E-state index contributed by atoms with van der Waals surface area (Å²) < 4.78 is 1.73. The van der Waals surface area contributed by atoms with E-state index < -0.39 is 0 Å². The molecule has 3 aliphatic heterocycles. The standard InChI is InChI=1S/C17H26N6O2/c1-11-10-22(21-20-11)6-5-19-17(25)16-13-7-12(8-18-9-13)14-3-2-4-15(24)23(14)16/h10,12-14,16,18H,2-9H2,1H3,(H,19,25)/t12-,13+,14+,16-/m1/s1. The fourth-order valence-corrected chi connectivity index (χ4v) is 4.75. The predicted molar refractivity (Wildman–Crippen MR) is 90.5 cm³/mol. The van der Waals surface area contributed by atoms with Crippen molar-refractivity contribution in [2.75, 3.05) is 19.6 Å². The van der Waals surface area contributed by atoms with Crippen molar-refractivity contribution in [2.24, 2.45) is 11.8 Å². The van der Waals surface area contributed by atoms with Crippen LogP contribution in [-0.2, 0) is 16.1 Å². The van der Waals surface area contributed by atoms with Gasteiger partial charge >= 0.3 is 0 Å². The van der Waals surface area contributed by atoms with Gasteiger partial charge in [0.05, 0.1) is 12.2 Å². The molecule has 4 atom stereocenters. The number of hydrogen-bond donors (Lipinski definition) is 2. The maximum Gasteiger partial charge on any atom is 0.243 e. The van der Waals surface area contributed by atoms with E-state index in [1.165, 1.54) is 0 Å². The summed E-state index contributed by atoms with van der Waals surface area (Å²) in [4.78, 5) is 27.4. The normalized spacial score (nSPS) is 31.6. The van der Waals surface area contributed by atoms with Crippen molar-refractivity contribution < 1.29 is 9.59 Å². The fraction of sp³-hybridized carbons (Fsp3) is 0.765. The van der Waals surface area contributed by atoms with E-state index in [9.17, 15) is 9.59 Å². The van der Waals surface area contributed by atoms with Gasteiger partial charge in [-0.15, -0.1) is 5.10 Å². The number of carbonyl (C=O) groups excluding carboxylic acids is 2. The van der Waals surface area contributed by atoms with Crippen LogP contribution in [0.2, 0.25) is 0 Å². The van der Waals surface area contributed by atoms with Gasteiger partial charge < -0.3 is 15.5 Å². The molecule has 0 spiro atoms. The molecule has 8 heteroatoms. The predicted octanol–water partition coefficient (Wildman–Crippen LogP) is -0.308. The minimum Gasteiger partial charge on any atom is -0.352 e. The molecule has 4 rings (SSSR count). The lowest BCUT2D eigenvalue weighted by molar-refractivity contribution is -0.157. The van der Waals surface area contributed by atoms with E-state index >= 15 is 0 Å². The first-order chi connectivity index (χ1) is 12.1. The lowest BCUT2D eigenvalue weighted by Crippen LogP contribution is -2.68. The van der Waals surface area contributed by atoms with Crippen LogP contribution in [0.5, 0.6) is 0 Å². The van der Waals surface area contributed by atoms with Gasteiger partial charge in [-0.1, -0.05) is 5.21 Å². The lowest BCUT2D eigenvalue weighted by Gasteiger charge is -2.53. The average molecular weight is 346 g/mol. The molecule has 136 valence electrons. The number of piperidine rings is 3. The van der Waals surface area contributed by atoms with E-state index in [4.69, 9.17) is 0 Å². The van der Waals surface area contributed by atoms with Crippen molar-refractivity contribution in [1.82, 2.24) is 30.5 Å². The second-order valence-electron chi connectivity index (χ2n) is 7.53. The first kappa shape index (κ1) is 16.5. The minimum atomic E-state index is -0.334. The van der Waals surface area contributed by atoms with E-state index in [2.05, 4.69) is 20.9 Å². The van der Waals surface area contributed by atoms with Crippen molar-refractivity contribution in [1.29, 1.82) is 0 Å². The molecule has 8 nitrogen and oxygen atoms in total. The summed E-state index contributed by atoms with van der Waals surface area (Å²) in [6.45, 7) is 4.74.